The number of carbonyl (C=O) groups is 1. The van der Waals surface area contributed by atoms with Crippen LogP contribution < -0.4 is 5.32 Å². The number of aliphatic hydroxyl groups is 1. The third kappa shape index (κ3) is 8.72. The first-order valence-electron chi connectivity index (χ1n) is 14.4. The van der Waals surface area contributed by atoms with E-state index in [0.717, 1.165) is 42.5 Å². The Labute approximate surface area is 238 Å². The Balaban J connectivity index is 1.19. The number of aryl methyl sites for hydroxylation is 1. The van der Waals surface area contributed by atoms with Crippen molar-refractivity contribution < 1.29 is 19.4 Å². The minimum absolute atomic E-state index is 0.0513. The lowest BCUT2D eigenvalue weighted by Gasteiger charge is -2.31. The van der Waals surface area contributed by atoms with Crippen molar-refractivity contribution in [3.8, 4) is 11.1 Å². The van der Waals surface area contributed by atoms with Crippen LogP contribution in [0.5, 0.6) is 0 Å². The molecule has 0 radical (unpaired) electrons. The number of fused-ring (bicyclic) bond motifs is 1. The Hall–Kier alpha value is -3.06. The van der Waals surface area contributed by atoms with Gasteiger partial charge in [-0.1, -0.05) is 60.7 Å². The van der Waals surface area contributed by atoms with Gasteiger partial charge in [-0.3, -0.25) is 4.79 Å². The molecule has 0 aromatic heterocycles. The number of benzene rings is 3. The van der Waals surface area contributed by atoms with E-state index in [4.69, 9.17) is 5.11 Å². The van der Waals surface area contributed by atoms with Gasteiger partial charge in [-0.25, -0.2) is 4.39 Å². The number of aliphatic carboxylic acids is 1. The van der Waals surface area contributed by atoms with E-state index in [2.05, 4.69) is 48.3 Å². The van der Waals surface area contributed by atoms with Crippen molar-refractivity contribution in [1.29, 1.82) is 0 Å². The standard InChI is InChI=1S/C34H43FN2O3/c1-34(2,21-26-18-28-6-4-5-7-29(28)19-26)36-22-30(38)23-37(3)17-16-25-10-14-31(32(35)20-25)27-12-8-24(9-13-27)11-15-33(39)40/h4-10,12-14,20,26,30,36,38H,11,15-19,21-23H2,1-3H3,(H,39,40)/t30-/m1/s1. The number of hydrogen-bond donors (Lipinski definition) is 3. The molecule has 3 aromatic carbocycles. The van der Waals surface area contributed by atoms with E-state index in [0.29, 0.717) is 37.4 Å². The first kappa shape index (κ1) is 29.9. The van der Waals surface area contributed by atoms with Crippen LogP contribution in [0.4, 0.5) is 4.39 Å². The van der Waals surface area contributed by atoms with Gasteiger partial charge in [-0.15, -0.1) is 0 Å². The summed E-state index contributed by atoms with van der Waals surface area (Å²) < 4.78 is 14.9. The summed E-state index contributed by atoms with van der Waals surface area (Å²) in [7, 11) is 1.99. The summed E-state index contributed by atoms with van der Waals surface area (Å²) in [5.74, 6) is -0.460. The molecule has 0 heterocycles. The molecule has 0 aliphatic heterocycles. The number of carboxylic acid groups (broad SMARTS) is 1. The van der Waals surface area contributed by atoms with Gasteiger partial charge in [0.25, 0.3) is 0 Å². The van der Waals surface area contributed by atoms with Gasteiger partial charge in [0.15, 0.2) is 0 Å². The van der Waals surface area contributed by atoms with E-state index in [1.54, 1.807) is 12.1 Å². The SMILES string of the molecule is CN(CCc1ccc(-c2ccc(CCC(=O)O)cc2)c(F)c1)C[C@H](O)CNC(C)(C)CC1Cc2ccccc2C1. The average Bonchev–Trinajstić information content (AvgIpc) is 3.32. The fraction of sp³-hybridized carbons (Fsp3) is 0.441. The van der Waals surface area contributed by atoms with E-state index in [1.807, 2.05) is 37.4 Å². The summed E-state index contributed by atoms with van der Waals surface area (Å²) in [5, 5.41) is 23.1. The number of hydrogen-bond acceptors (Lipinski definition) is 4. The lowest BCUT2D eigenvalue weighted by atomic mass is 9.88. The number of halogens is 1. The van der Waals surface area contributed by atoms with Crippen LogP contribution in [-0.4, -0.2) is 59.4 Å². The van der Waals surface area contributed by atoms with E-state index in [9.17, 15) is 14.3 Å². The fourth-order valence-electron chi connectivity index (χ4n) is 5.87. The van der Waals surface area contributed by atoms with Gasteiger partial charge in [0.1, 0.15) is 5.82 Å². The van der Waals surface area contributed by atoms with Gasteiger partial charge in [0.2, 0.25) is 0 Å². The summed E-state index contributed by atoms with van der Waals surface area (Å²) >= 11 is 0. The number of nitrogens with one attached hydrogen (secondary N) is 1. The molecule has 1 atom stereocenters. The normalized spacial score (nSPS) is 14.4. The van der Waals surface area contributed by atoms with E-state index >= 15 is 0 Å². The maximum atomic E-state index is 14.9. The Morgan fingerprint density at radius 3 is 2.30 bits per heavy atom. The van der Waals surface area contributed by atoms with Crippen LogP contribution in [0.3, 0.4) is 0 Å². The molecule has 6 heteroatoms. The minimum atomic E-state index is -0.826. The molecule has 40 heavy (non-hydrogen) atoms. The zero-order valence-corrected chi connectivity index (χ0v) is 24.0. The Kier molecular flexibility index (Phi) is 10.1. The summed E-state index contributed by atoms with van der Waals surface area (Å²) in [6, 6.07) is 21.5. The molecule has 0 saturated carbocycles. The van der Waals surface area contributed by atoms with Crippen molar-refractivity contribution in [3.63, 3.8) is 0 Å². The van der Waals surface area contributed by atoms with Gasteiger partial charge >= 0.3 is 5.97 Å². The first-order chi connectivity index (χ1) is 19.1. The van der Waals surface area contributed by atoms with Crippen LogP contribution in [-0.2, 0) is 30.5 Å². The van der Waals surface area contributed by atoms with Gasteiger partial charge in [-0.05, 0) is 92.8 Å². The summed E-state index contributed by atoms with van der Waals surface area (Å²) in [5.41, 5.74) is 6.05. The zero-order valence-electron chi connectivity index (χ0n) is 24.0. The zero-order chi connectivity index (χ0) is 28.7. The number of rotatable bonds is 14. The lowest BCUT2D eigenvalue weighted by Crippen LogP contribution is -2.47. The van der Waals surface area contributed by atoms with Crippen LogP contribution in [0.25, 0.3) is 11.1 Å². The van der Waals surface area contributed by atoms with Crippen molar-refractivity contribution in [3.05, 3.63) is 94.8 Å². The van der Waals surface area contributed by atoms with Crippen molar-refractivity contribution in [2.45, 2.75) is 64.0 Å². The number of aliphatic hydroxyl groups excluding tert-OH is 1. The molecular formula is C34H43FN2O3. The Morgan fingerprint density at radius 2 is 1.68 bits per heavy atom. The largest absolute Gasteiger partial charge is 0.481 e. The molecule has 0 fully saturated rings. The molecule has 0 unspecified atom stereocenters. The molecule has 0 amide bonds. The van der Waals surface area contributed by atoms with Gasteiger partial charge < -0.3 is 20.4 Å². The number of carboxylic acids is 1. The van der Waals surface area contributed by atoms with Crippen LogP contribution in [0, 0.1) is 11.7 Å². The molecule has 5 nitrogen and oxygen atoms in total. The molecule has 3 aromatic rings. The molecule has 0 saturated heterocycles. The van der Waals surface area contributed by atoms with Crippen molar-refractivity contribution in [1.82, 2.24) is 10.2 Å². The maximum absolute atomic E-state index is 14.9. The molecule has 3 N–H and O–H groups in total. The average molecular weight is 547 g/mol. The van der Waals surface area contributed by atoms with Crippen molar-refractivity contribution in [2.24, 2.45) is 5.92 Å². The third-order valence-corrected chi connectivity index (χ3v) is 7.98. The topological polar surface area (TPSA) is 72.8 Å². The predicted molar refractivity (Wildman–Crippen MR) is 159 cm³/mol. The van der Waals surface area contributed by atoms with Crippen molar-refractivity contribution >= 4 is 5.97 Å². The Morgan fingerprint density at radius 1 is 1.02 bits per heavy atom. The van der Waals surface area contributed by atoms with Gasteiger partial charge in [0, 0.05) is 37.2 Å². The highest BCUT2D eigenvalue weighted by atomic mass is 19.1. The molecular weight excluding hydrogens is 503 g/mol. The number of β-amino-alcohol motifs (C(OH)–C–C–N with tert-alkyl or cyclic N) is 1. The molecule has 1 aliphatic rings. The van der Waals surface area contributed by atoms with Crippen molar-refractivity contribution in [2.75, 3.05) is 26.7 Å². The highest BCUT2D eigenvalue weighted by Gasteiger charge is 2.28. The summed E-state index contributed by atoms with van der Waals surface area (Å²) in [6.07, 6.45) is 4.09. The highest BCUT2D eigenvalue weighted by Crippen LogP contribution is 2.32. The van der Waals surface area contributed by atoms with Crippen LogP contribution >= 0.6 is 0 Å². The summed E-state index contributed by atoms with van der Waals surface area (Å²) in [4.78, 5) is 12.9. The number of likely N-dealkylation sites (N-methyl/N-ethyl adjacent to an activating group) is 1. The molecule has 1 aliphatic carbocycles. The smallest absolute Gasteiger partial charge is 0.303 e. The molecule has 0 bridgehead atoms. The van der Waals surface area contributed by atoms with Crippen LogP contribution in [0.1, 0.15) is 48.9 Å². The molecule has 4 rings (SSSR count). The lowest BCUT2D eigenvalue weighted by molar-refractivity contribution is -0.136. The predicted octanol–water partition coefficient (Wildman–Crippen LogP) is 5.52. The quantitative estimate of drug-likeness (QED) is 0.248. The molecule has 0 spiro atoms. The third-order valence-electron chi connectivity index (χ3n) is 7.98. The second-order valence-electron chi connectivity index (χ2n) is 12.1. The van der Waals surface area contributed by atoms with E-state index in [1.165, 1.54) is 11.1 Å². The monoisotopic (exact) mass is 546 g/mol. The second kappa shape index (κ2) is 13.5. The molecule has 214 valence electrons. The van der Waals surface area contributed by atoms with E-state index < -0.39 is 12.1 Å². The van der Waals surface area contributed by atoms with E-state index in [-0.39, 0.29) is 17.8 Å². The first-order valence-corrected chi connectivity index (χ1v) is 14.4. The fourth-order valence-corrected chi connectivity index (χ4v) is 5.87. The Bertz CT molecular complexity index is 1250. The van der Waals surface area contributed by atoms with Gasteiger partial charge in [-0.2, -0.15) is 0 Å². The second-order valence-corrected chi connectivity index (χ2v) is 12.1. The number of nitrogens with zero attached hydrogens (tertiary/aromatic N) is 1. The maximum Gasteiger partial charge on any atom is 0.303 e. The minimum Gasteiger partial charge on any atom is -0.481 e. The van der Waals surface area contributed by atoms with Crippen LogP contribution in [0.2, 0.25) is 0 Å². The van der Waals surface area contributed by atoms with Crippen LogP contribution in [0.15, 0.2) is 66.7 Å². The summed E-state index contributed by atoms with van der Waals surface area (Å²) in [6.45, 7) is 6.25. The van der Waals surface area contributed by atoms with Gasteiger partial charge in [0.05, 0.1) is 6.10 Å². The highest BCUT2D eigenvalue weighted by molar-refractivity contribution is 5.67.